The number of rotatable bonds is 5. The fraction of sp³-hybridized carbons (Fsp3) is 0.385. The molecule has 0 spiro atoms. The smallest absolute Gasteiger partial charge is 0.337 e. The number of hydrogen-bond donors (Lipinski definition) is 2. The zero-order valence-electron chi connectivity index (χ0n) is 10.9. The number of methoxy groups -OCH3 is 1. The molecule has 5 heteroatoms. The second-order valence-corrected chi connectivity index (χ2v) is 3.85. The number of hydrogen-bond acceptors (Lipinski definition) is 4. The summed E-state index contributed by atoms with van der Waals surface area (Å²) in [5, 5.41) is 5.69. The molecule has 0 aliphatic carbocycles. The lowest BCUT2D eigenvalue weighted by Gasteiger charge is -2.10. The highest BCUT2D eigenvalue weighted by atomic mass is 16.5. The van der Waals surface area contributed by atoms with Crippen molar-refractivity contribution >= 4 is 17.6 Å². The minimum Gasteiger partial charge on any atom is -0.465 e. The molecule has 2 N–H and O–H groups in total. The van der Waals surface area contributed by atoms with Gasteiger partial charge in [0, 0.05) is 5.69 Å². The van der Waals surface area contributed by atoms with Gasteiger partial charge in [-0.25, -0.2) is 4.79 Å². The zero-order valence-corrected chi connectivity index (χ0v) is 10.9. The molecule has 0 radical (unpaired) electrons. The Kier molecular flexibility index (Phi) is 5.32. The maximum atomic E-state index is 11.6. The van der Waals surface area contributed by atoms with E-state index in [9.17, 15) is 9.59 Å². The van der Waals surface area contributed by atoms with Crippen molar-refractivity contribution in [2.45, 2.75) is 13.8 Å². The van der Waals surface area contributed by atoms with E-state index in [1.165, 1.54) is 7.11 Å². The van der Waals surface area contributed by atoms with E-state index in [1.807, 2.05) is 13.8 Å². The predicted molar refractivity (Wildman–Crippen MR) is 69.7 cm³/mol. The van der Waals surface area contributed by atoms with Gasteiger partial charge in [0.1, 0.15) is 0 Å². The summed E-state index contributed by atoms with van der Waals surface area (Å²) in [4.78, 5) is 23.0. The number of carbonyl (C=O) groups is 2. The largest absolute Gasteiger partial charge is 0.465 e. The molecule has 0 atom stereocenters. The molecule has 1 rings (SSSR count). The van der Waals surface area contributed by atoms with Crippen LogP contribution in [0.1, 0.15) is 22.8 Å². The summed E-state index contributed by atoms with van der Waals surface area (Å²) in [6.45, 7) is 4.77. The predicted octanol–water partition coefficient (Wildman–Crippen LogP) is 1.33. The Balaban J connectivity index is 2.81. The van der Waals surface area contributed by atoms with E-state index < -0.39 is 5.97 Å². The highest BCUT2D eigenvalue weighted by Gasteiger charge is 2.09. The van der Waals surface area contributed by atoms with Gasteiger partial charge in [0.15, 0.2) is 0 Å². The van der Waals surface area contributed by atoms with Crippen LogP contribution < -0.4 is 10.6 Å². The summed E-state index contributed by atoms with van der Waals surface area (Å²) in [5.74, 6) is -0.556. The molecule has 5 nitrogen and oxygen atoms in total. The van der Waals surface area contributed by atoms with Gasteiger partial charge in [-0.1, -0.05) is 13.0 Å². The van der Waals surface area contributed by atoms with Crippen LogP contribution in [0.25, 0.3) is 0 Å². The molecule has 0 heterocycles. The van der Waals surface area contributed by atoms with Crippen LogP contribution in [0.3, 0.4) is 0 Å². The molecular formula is C13H18N2O3. The standard InChI is InChI=1S/C13H18N2O3/c1-4-14-8-12(16)15-11-7-10(13(17)18-3)6-5-9(11)2/h5-7,14H,4,8H2,1-3H3,(H,15,16). The van der Waals surface area contributed by atoms with E-state index in [-0.39, 0.29) is 12.5 Å². The van der Waals surface area contributed by atoms with Crippen molar-refractivity contribution in [2.75, 3.05) is 25.5 Å². The van der Waals surface area contributed by atoms with Gasteiger partial charge >= 0.3 is 5.97 Å². The van der Waals surface area contributed by atoms with Gasteiger partial charge in [-0.15, -0.1) is 0 Å². The number of nitrogens with one attached hydrogen (secondary N) is 2. The molecule has 0 unspecified atom stereocenters. The molecule has 0 saturated heterocycles. The number of aryl methyl sites for hydroxylation is 1. The first-order valence-electron chi connectivity index (χ1n) is 5.78. The minimum absolute atomic E-state index is 0.137. The molecule has 1 aromatic carbocycles. The van der Waals surface area contributed by atoms with Crippen molar-refractivity contribution in [2.24, 2.45) is 0 Å². The first-order chi connectivity index (χ1) is 8.58. The van der Waals surface area contributed by atoms with Crippen LogP contribution in [0.2, 0.25) is 0 Å². The molecule has 0 aromatic heterocycles. The van der Waals surface area contributed by atoms with Crippen molar-refractivity contribution in [1.82, 2.24) is 5.32 Å². The highest BCUT2D eigenvalue weighted by Crippen LogP contribution is 2.17. The lowest BCUT2D eigenvalue weighted by Crippen LogP contribution is -2.28. The van der Waals surface area contributed by atoms with Gasteiger partial charge in [-0.3, -0.25) is 4.79 Å². The molecule has 0 bridgehead atoms. The normalized spacial score (nSPS) is 9.94. The Labute approximate surface area is 107 Å². The number of carbonyl (C=O) groups excluding carboxylic acids is 2. The third kappa shape index (κ3) is 3.85. The third-order valence-corrected chi connectivity index (χ3v) is 2.47. The Hall–Kier alpha value is -1.88. The fourth-order valence-electron chi connectivity index (χ4n) is 1.43. The summed E-state index contributed by atoms with van der Waals surface area (Å²) in [6, 6.07) is 5.06. The Morgan fingerprint density at radius 2 is 2.06 bits per heavy atom. The lowest BCUT2D eigenvalue weighted by atomic mass is 10.1. The van der Waals surface area contributed by atoms with Crippen molar-refractivity contribution < 1.29 is 14.3 Å². The Bertz CT molecular complexity index is 444. The van der Waals surface area contributed by atoms with Gasteiger partial charge in [-0.2, -0.15) is 0 Å². The van der Waals surface area contributed by atoms with Crippen molar-refractivity contribution in [1.29, 1.82) is 0 Å². The van der Waals surface area contributed by atoms with Gasteiger partial charge in [0.05, 0.1) is 19.2 Å². The molecule has 0 aliphatic heterocycles. The maximum absolute atomic E-state index is 11.6. The SMILES string of the molecule is CCNCC(=O)Nc1cc(C(=O)OC)ccc1C. The molecule has 1 aromatic rings. The summed E-state index contributed by atoms with van der Waals surface area (Å²) in [5.41, 5.74) is 1.94. The number of esters is 1. The van der Waals surface area contributed by atoms with Crippen molar-refractivity contribution in [3.05, 3.63) is 29.3 Å². The topological polar surface area (TPSA) is 67.4 Å². The average molecular weight is 250 g/mol. The average Bonchev–Trinajstić information content (AvgIpc) is 2.38. The zero-order chi connectivity index (χ0) is 13.5. The molecular weight excluding hydrogens is 232 g/mol. The van der Waals surface area contributed by atoms with E-state index in [2.05, 4.69) is 15.4 Å². The van der Waals surface area contributed by atoms with Crippen LogP contribution in [-0.4, -0.2) is 32.1 Å². The van der Waals surface area contributed by atoms with Crippen LogP contribution in [0.5, 0.6) is 0 Å². The molecule has 98 valence electrons. The third-order valence-electron chi connectivity index (χ3n) is 2.47. The van der Waals surface area contributed by atoms with Gasteiger partial charge in [0.2, 0.25) is 5.91 Å². The summed E-state index contributed by atoms with van der Waals surface area (Å²) >= 11 is 0. The number of amides is 1. The van der Waals surface area contributed by atoms with Gasteiger partial charge in [0.25, 0.3) is 0 Å². The molecule has 0 saturated carbocycles. The highest BCUT2D eigenvalue weighted by molar-refractivity contribution is 5.96. The van der Waals surface area contributed by atoms with Crippen molar-refractivity contribution in [3.63, 3.8) is 0 Å². The van der Waals surface area contributed by atoms with E-state index in [1.54, 1.807) is 18.2 Å². The van der Waals surface area contributed by atoms with E-state index in [0.717, 1.165) is 12.1 Å². The monoisotopic (exact) mass is 250 g/mol. The lowest BCUT2D eigenvalue weighted by molar-refractivity contribution is -0.115. The van der Waals surface area contributed by atoms with E-state index in [4.69, 9.17) is 0 Å². The first kappa shape index (κ1) is 14.2. The van der Waals surface area contributed by atoms with Crippen LogP contribution >= 0.6 is 0 Å². The quantitative estimate of drug-likeness (QED) is 0.774. The van der Waals surface area contributed by atoms with Crippen LogP contribution in [-0.2, 0) is 9.53 Å². The minimum atomic E-state index is -0.419. The van der Waals surface area contributed by atoms with Crippen LogP contribution in [0, 0.1) is 6.92 Å². The van der Waals surface area contributed by atoms with Crippen LogP contribution in [0.4, 0.5) is 5.69 Å². The number of ether oxygens (including phenoxy) is 1. The second kappa shape index (κ2) is 6.76. The molecule has 0 fully saturated rings. The number of benzene rings is 1. The Morgan fingerprint density at radius 1 is 1.33 bits per heavy atom. The molecule has 0 aliphatic rings. The summed E-state index contributed by atoms with van der Waals surface area (Å²) in [7, 11) is 1.33. The van der Waals surface area contributed by atoms with Crippen molar-refractivity contribution in [3.8, 4) is 0 Å². The maximum Gasteiger partial charge on any atom is 0.337 e. The van der Waals surface area contributed by atoms with Gasteiger partial charge in [-0.05, 0) is 31.2 Å². The van der Waals surface area contributed by atoms with Gasteiger partial charge < -0.3 is 15.4 Å². The van der Waals surface area contributed by atoms with Crippen LogP contribution in [0.15, 0.2) is 18.2 Å². The first-order valence-corrected chi connectivity index (χ1v) is 5.78. The van der Waals surface area contributed by atoms with E-state index >= 15 is 0 Å². The van der Waals surface area contributed by atoms with E-state index in [0.29, 0.717) is 11.3 Å². The summed E-state index contributed by atoms with van der Waals surface area (Å²) < 4.78 is 4.64. The summed E-state index contributed by atoms with van der Waals surface area (Å²) in [6.07, 6.45) is 0. The fourth-order valence-corrected chi connectivity index (χ4v) is 1.43. The molecule has 1 amide bonds. The number of likely N-dealkylation sites (N-methyl/N-ethyl adjacent to an activating group) is 1. The second-order valence-electron chi connectivity index (χ2n) is 3.85. The molecule has 18 heavy (non-hydrogen) atoms. The number of anilines is 1. The Morgan fingerprint density at radius 3 is 2.67 bits per heavy atom.